The smallest absolute Gasteiger partial charge is 0.326 e. The van der Waals surface area contributed by atoms with E-state index in [1.165, 1.54) is 11.0 Å². The molecule has 1 aromatic rings. The number of benzene rings is 1. The predicted molar refractivity (Wildman–Crippen MR) is 67.8 cm³/mol. The first-order valence-electron chi connectivity index (χ1n) is 5.95. The summed E-state index contributed by atoms with van der Waals surface area (Å²) < 4.78 is 0. The summed E-state index contributed by atoms with van der Waals surface area (Å²) in [5.74, 6) is -1.15. The van der Waals surface area contributed by atoms with E-state index in [9.17, 15) is 9.59 Å². The molecule has 0 aromatic heterocycles. The molecule has 0 saturated carbocycles. The Kier molecular flexibility index (Phi) is 3.77. The summed E-state index contributed by atoms with van der Waals surface area (Å²) in [7, 11) is 0. The third-order valence-corrected chi connectivity index (χ3v) is 3.04. The maximum Gasteiger partial charge on any atom is 0.326 e. The van der Waals surface area contributed by atoms with Crippen LogP contribution in [-0.4, -0.2) is 34.5 Å². The number of aliphatic carboxylic acids is 1. The molecule has 18 heavy (non-hydrogen) atoms. The molecule has 1 aliphatic heterocycles. The van der Waals surface area contributed by atoms with E-state index in [1.54, 1.807) is 6.08 Å². The van der Waals surface area contributed by atoms with Crippen LogP contribution < -0.4 is 0 Å². The number of nitrogens with zero attached hydrogens (tertiary/aromatic N) is 1. The van der Waals surface area contributed by atoms with E-state index in [4.69, 9.17) is 5.11 Å². The molecule has 94 valence electrons. The highest BCUT2D eigenvalue weighted by atomic mass is 16.4. The SMILES string of the molecule is O=C(O)[C@H]1CCCN1C(=O)/C=C\c1ccccc1. The normalized spacial score (nSPS) is 19.3. The van der Waals surface area contributed by atoms with E-state index < -0.39 is 12.0 Å². The van der Waals surface area contributed by atoms with Crippen molar-refractivity contribution in [3.8, 4) is 0 Å². The maximum absolute atomic E-state index is 11.9. The van der Waals surface area contributed by atoms with Gasteiger partial charge in [-0.1, -0.05) is 30.3 Å². The van der Waals surface area contributed by atoms with Crippen LogP contribution in [0.15, 0.2) is 36.4 Å². The highest BCUT2D eigenvalue weighted by Crippen LogP contribution is 2.18. The number of carbonyl (C=O) groups is 2. The van der Waals surface area contributed by atoms with Crippen molar-refractivity contribution in [3.63, 3.8) is 0 Å². The minimum absolute atomic E-state index is 0.233. The summed E-state index contributed by atoms with van der Waals surface area (Å²) in [6, 6.07) is 8.79. The van der Waals surface area contributed by atoms with Gasteiger partial charge in [0.25, 0.3) is 0 Å². The fourth-order valence-electron chi connectivity index (χ4n) is 2.11. The molecule has 1 heterocycles. The second-order valence-corrected chi connectivity index (χ2v) is 4.27. The van der Waals surface area contributed by atoms with Crippen molar-refractivity contribution in [1.82, 2.24) is 4.90 Å². The number of rotatable bonds is 3. The fraction of sp³-hybridized carbons (Fsp3) is 0.286. The topological polar surface area (TPSA) is 57.6 Å². The molecule has 1 atom stereocenters. The lowest BCUT2D eigenvalue weighted by atomic mass is 10.2. The first kappa shape index (κ1) is 12.4. The second kappa shape index (κ2) is 5.49. The van der Waals surface area contributed by atoms with Crippen LogP contribution in [0.2, 0.25) is 0 Å². The summed E-state index contributed by atoms with van der Waals surface area (Å²) in [6.45, 7) is 0.523. The number of amides is 1. The van der Waals surface area contributed by atoms with E-state index in [0.29, 0.717) is 13.0 Å². The molecule has 1 amide bonds. The number of hydrogen-bond acceptors (Lipinski definition) is 2. The molecular weight excluding hydrogens is 230 g/mol. The van der Waals surface area contributed by atoms with Gasteiger partial charge in [0.1, 0.15) is 6.04 Å². The fourth-order valence-corrected chi connectivity index (χ4v) is 2.11. The predicted octanol–water partition coefficient (Wildman–Crippen LogP) is 1.78. The Bertz CT molecular complexity index is 467. The Hall–Kier alpha value is -2.10. The largest absolute Gasteiger partial charge is 0.480 e. The van der Waals surface area contributed by atoms with Crippen LogP contribution in [0.25, 0.3) is 6.08 Å². The van der Waals surface area contributed by atoms with E-state index in [-0.39, 0.29) is 5.91 Å². The van der Waals surface area contributed by atoms with E-state index in [0.717, 1.165) is 12.0 Å². The molecule has 1 N–H and O–H groups in total. The van der Waals surface area contributed by atoms with Gasteiger partial charge in [0.05, 0.1) is 0 Å². The minimum Gasteiger partial charge on any atom is -0.480 e. The van der Waals surface area contributed by atoms with Gasteiger partial charge >= 0.3 is 5.97 Å². The Morgan fingerprint density at radius 1 is 1.28 bits per heavy atom. The van der Waals surface area contributed by atoms with Crippen LogP contribution in [0.4, 0.5) is 0 Å². The van der Waals surface area contributed by atoms with Gasteiger partial charge in [-0.2, -0.15) is 0 Å². The van der Waals surface area contributed by atoms with Gasteiger partial charge in [-0.3, -0.25) is 4.79 Å². The zero-order valence-corrected chi connectivity index (χ0v) is 9.95. The molecule has 1 fully saturated rings. The summed E-state index contributed by atoms with van der Waals surface area (Å²) in [5.41, 5.74) is 0.928. The molecule has 0 radical (unpaired) electrons. The zero-order valence-electron chi connectivity index (χ0n) is 9.95. The summed E-state index contributed by atoms with van der Waals surface area (Å²) in [6.07, 6.45) is 4.44. The van der Waals surface area contributed by atoms with Crippen molar-refractivity contribution in [1.29, 1.82) is 0 Å². The molecule has 0 unspecified atom stereocenters. The number of carboxylic acids is 1. The van der Waals surface area contributed by atoms with Crippen molar-refractivity contribution in [2.24, 2.45) is 0 Å². The van der Waals surface area contributed by atoms with Crippen molar-refractivity contribution < 1.29 is 14.7 Å². The molecule has 1 aromatic carbocycles. The first-order chi connectivity index (χ1) is 8.68. The Labute approximate surface area is 106 Å². The lowest BCUT2D eigenvalue weighted by Crippen LogP contribution is -2.39. The third kappa shape index (κ3) is 2.77. The van der Waals surface area contributed by atoms with Crippen molar-refractivity contribution in [2.75, 3.05) is 6.54 Å². The molecule has 1 aliphatic rings. The monoisotopic (exact) mass is 245 g/mol. The standard InChI is InChI=1S/C14H15NO3/c16-13(9-8-11-5-2-1-3-6-11)15-10-4-7-12(15)14(17)18/h1-3,5-6,8-9,12H,4,7,10H2,(H,17,18)/b9-8-/t12-/m1/s1. The van der Waals surface area contributed by atoms with Crippen LogP contribution in [-0.2, 0) is 9.59 Å². The highest BCUT2D eigenvalue weighted by molar-refractivity contribution is 5.94. The Balaban J connectivity index is 2.04. The minimum atomic E-state index is -0.922. The Morgan fingerprint density at radius 2 is 2.00 bits per heavy atom. The average molecular weight is 245 g/mol. The van der Waals surface area contributed by atoms with E-state index in [1.807, 2.05) is 30.3 Å². The number of carboxylic acid groups (broad SMARTS) is 1. The molecule has 2 rings (SSSR count). The highest BCUT2D eigenvalue weighted by Gasteiger charge is 2.32. The number of carbonyl (C=O) groups excluding carboxylic acids is 1. The van der Waals surface area contributed by atoms with Gasteiger partial charge in [0, 0.05) is 12.6 Å². The molecule has 1 saturated heterocycles. The average Bonchev–Trinajstić information content (AvgIpc) is 2.86. The first-order valence-corrected chi connectivity index (χ1v) is 5.95. The van der Waals surface area contributed by atoms with E-state index in [2.05, 4.69) is 0 Å². The van der Waals surface area contributed by atoms with Gasteiger partial charge in [-0.05, 0) is 24.5 Å². The van der Waals surface area contributed by atoms with Gasteiger partial charge in [0.2, 0.25) is 5.91 Å². The molecule has 4 nitrogen and oxygen atoms in total. The summed E-state index contributed by atoms with van der Waals surface area (Å²) in [4.78, 5) is 24.3. The van der Waals surface area contributed by atoms with Crippen molar-refractivity contribution in [3.05, 3.63) is 42.0 Å². The van der Waals surface area contributed by atoms with Crippen molar-refractivity contribution in [2.45, 2.75) is 18.9 Å². The molecule has 0 bridgehead atoms. The summed E-state index contributed by atoms with van der Waals surface area (Å²) in [5, 5.41) is 9.00. The summed E-state index contributed by atoms with van der Waals surface area (Å²) >= 11 is 0. The van der Waals surface area contributed by atoms with Gasteiger partial charge in [-0.15, -0.1) is 0 Å². The zero-order chi connectivity index (χ0) is 13.0. The molecule has 0 aliphatic carbocycles. The van der Waals surface area contributed by atoms with Gasteiger partial charge in [-0.25, -0.2) is 4.79 Å². The van der Waals surface area contributed by atoms with Gasteiger partial charge in [0.15, 0.2) is 0 Å². The maximum atomic E-state index is 11.9. The Morgan fingerprint density at radius 3 is 2.67 bits per heavy atom. The molecule has 0 spiro atoms. The molecular formula is C14H15NO3. The number of likely N-dealkylation sites (tertiary alicyclic amines) is 1. The third-order valence-electron chi connectivity index (χ3n) is 3.04. The quantitative estimate of drug-likeness (QED) is 0.826. The lowest BCUT2D eigenvalue weighted by molar-refractivity contribution is -0.146. The lowest BCUT2D eigenvalue weighted by Gasteiger charge is -2.19. The van der Waals surface area contributed by atoms with Crippen LogP contribution in [0.1, 0.15) is 18.4 Å². The van der Waals surface area contributed by atoms with Crippen LogP contribution in [0.3, 0.4) is 0 Å². The van der Waals surface area contributed by atoms with Gasteiger partial charge < -0.3 is 10.0 Å². The van der Waals surface area contributed by atoms with Crippen LogP contribution in [0.5, 0.6) is 0 Å². The molecule has 4 heteroatoms. The number of hydrogen-bond donors (Lipinski definition) is 1. The van der Waals surface area contributed by atoms with Crippen LogP contribution in [0, 0.1) is 0 Å². The van der Waals surface area contributed by atoms with Crippen LogP contribution >= 0.6 is 0 Å². The van der Waals surface area contributed by atoms with E-state index >= 15 is 0 Å². The van der Waals surface area contributed by atoms with Crippen molar-refractivity contribution >= 4 is 18.0 Å². The second-order valence-electron chi connectivity index (χ2n) is 4.27.